The Morgan fingerprint density at radius 2 is 2.33 bits per heavy atom. The lowest BCUT2D eigenvalue weighted by Gasteiger charge is -2.10. The van der Waals surface area contributed by atoms with Gasteiger partial charge in [-0.2, -0.15) is 5.10 Å². The Morgan fingerprint density at radius 3 is 2.93 bits per heavy atom. The number of rotatable bonds is 3. The first kappa shape index (κ1) is 11.0. The Labute approximate surface area is 96.6 Å². The number of hydrogen-bond acceptors (Lipinski definition) is 1. The summed E-state index contributed by atoms with van der Waals surface area (Å²) in [7, 11) is 0. The summed E-state index contributed by atoms with van der Waals surface area (Å²) in [6, 6.07) is 2.21. The Morgan fingerprint density at radius 1 is 1.53 bits per heavy atom. The van der Waals surface area contributed by atoms with Gasteiger partial charge in [0.15, 0.2) is 0 Å². The Hall–Kier alpha value is -0.500. The predicted molar refractivity (Wildman–Crippen MR) is 63.3 cm³/mol. The van der Waals surface area contributed by atoms with E-state index in [2.05, 4.69) is 29.7 Å². The van der Waals surface area contributed by atoms with Gasteiger partial charge in [-0.25, -0.2) is 0 Å². The number of hydrogen-bond donors (Lipinski definition) is 0. The van der Waals surface area contributed by atoms with Crippen molar-refractivity contribution in [3.63, 3.8) is 0 Å². The highest BCUT2D eigenvalue weighted by molar-refractivity contribution is 6.20. The molecule has 2 unspecified atom stereocenters. The number of alkyl halides is 1. The van der Waals surface area contributed by atoms with Crippen LogP contribution in [-0.2, 0) is 13.0 Å². The van der Waals surface area contributed by atoms with Crippen LogP contribution in [-0.4, -0.2) is 15.2 Å². The summed E-state index contributed by atoms with van der Waals surface area (Å²) in [6.07, 6.45) is 4.79. The van der Waals surface area contributed by atoms with Crippen LogP contribution in [0.15, 0.2) is 6.07 Å². The van der Waals surface area contributed by atoms with Crippen LogP contribution in [0.4, 0.5) is 0 Å². The zero-order valence-electron chi connectivity index (χ0n) is 9.54. The monoisotopic (exact) mass is 226 g/mol. The maximum Gasteiger partial charge on any atom is 0.0596 e. The van der Waals surface area contributed by atoms with Crippen molar-refractivity contribution in [2.75, 3.05) is 0 Å². The van der Waals surface area contributed by atoms with Crippen LogP contribution in [0, 0.1) is 12.8 Å². The first-order chi connectivity index (χ1) is 7.19. The summed E-state index contributed by atoms with van der Waals surface area (Å²) in [5.41, 5.74) is 2.51. The molecule has 1 saturated carbocycles. The zero-order chi connectivity index (χ0) is 10.8. The van der Waals surface area contributed by atoms with Gasteiger partial charge in [0.2, 0.25) is 0 Å². The van der Waals surface area contributed by atoms with E-state index >= 15 is 0 Å². The van der Waals surface area contributed by atoms with Gasteiger partial charge in [-0.05, 0) is 51.5 Å². The van der Waals surface area contributed by atoms with E-state index in [1.807, 2.05) is 0 Å². The SMILES string of the molecule is CCn1nc(C)cc1CC1CCC(Cl)C1. The van der Waals surface area contributed by atoms with Crippen LogP contribution < -0.4 is 0 Å². The third-order valence-electron chi connectivity index (χ3n) is 3.26. The van der Waals surface area contributed by atoms with E-state index in [1.165, 1.54) is 25.0 Å². The van der Waals surface area contributed by atoms with Crippen molar-refractivity contribution in [1.82, 2.24) is 9.78 Å². The largest absolute Gasteiger partial charge is 0.270 e. The van der Waals surface area contributed by atoms with Crippen molar-refractivity contribution >= 4 is 11.6 Å². The molecule has 0 N–H and O–H groups in total. The van der Waals surface area contributed by atoms with Gasteiger partial charge in [0, 0.05) is 17.6 Å². The van der Waals surface area contributed by atoms with Crippen LogP contribution in [0.1, 0.15) is 37.6 Å². The summed E-state index contributed by atoms with van der Waals surface area (Å²) < 4.78 is 2.12. The quantitative estimate of drug-likeness (QED) is 0.724. The van der Waals surface area contributed by atoms with Crippen molar-refractivity contribution in [2.45, 2.75) is 51.5 Å². The number of nitrogens with zero attached hydrogens (tertiary/aromatic N) is 2. The zero-order valence-corrected chi connectivity index (χ0v) is 10.3. The lowest BCUT2D eigenvalue weighted by atomic mass is 10.0. The highest BCUT2D eigenvalue weighted by atomic mass is 35.5. The van der Waals surface area contributed by atoms with Crippen LogP contribution in [0.25, 0.3) is 0 Å². The van der Waals surface area contributed by atoms with Crippen molar-refractivity contribution in [3.05, 3.63) is 17.5 Å². The minimum atomic E-state index is 0.411. The predicted octanol–water partition coefficient (Wildman–Crippen LogP) is 3.16. The fourth-order valence-corrected chi connectivity index (χ4v) is 2.91. The van der Waals surface area contributed by atoms with Crippen molar-refractivity contribution in [1.29, 1.82) is 0 Å². The van der Waals surface area contributed by atoms with Crippen molar-refractivity contribution < 1.29 is 0 Å². The molecule has 2 rings (SSSR count). The molecule has 0 radical (unpaired) electrons. The average molecular weight is 227 g/mol. The van der Waals surface area contributed by atoms with Gasteiger partial charge in [0.05, 0.1) is 5.69 Å². The van der Waals surface area contributed by atoms with Crippen LogP contribution in [0.5, 0.6) is 0 Å². The molecule has 0 saturated heterocycles. The molecular weight excluding hydrogens is 208 g/mol. The van der Waals surface area contributed by atoms with E-state index in [9.17, 15) is 0 Å². The third-order valence-corrected chi connectivity index (χ3v) is 3.66. The maximum atomic E-state index is 6.13. The highest BCUT2D eigenvalue weighted by Crippen LogP contribution is 2.31. The Balaban J connectivity index is 2.03. The molecular formula is C12H19ClN2. The molecule has 0 bridgehead atoms. The highest BCUT2D eigenvalue weighted by Gasteiger charge is 2.24. The maximum absolute atomic E-state index is 6.13. The van der Waals surface area contributed by atoms with Crippen molar-refractivity contribution in [2.24, 2.45) is 5.92 Å². The molecule has 1 aliphatic rings. The first-order valence-electron chi connectivity index (χ1n) is 5.86. The normalized spacial score (nSPS) is 26.1. The van der Waals surface area contributed by atoms with E-state index in [4.69, 9.17) is 11.6 Å². The minimum absolute atomic E-state index is 0.411. The molecule has 1 heterocycles. The molecule has 2 atom stereocenters. The van der Waals surface area contributed by atoms with Crippen LogP contribution in [0.2, 0.25) is 0 Å². The van der Waals surface area contributed by atoms with Gasteiger partial charge in [-0.1, -0.05) is 0 Å². The van der Waals surface area contributed by atoms with Gasteiger partial charge >= 0.3 is 0 Å². The van der Waals surface area contributed by atoms with Gasteiger partial charge < -0.3 is 0 Å². The molecule has 0 spiro atoms. The van der Waals surface area contributed by atoms with E-state index in [1.54, 1.807) is 0 Å². The van der Waals surface area contributed by atoms with E-state index in [-0.39, 0.29) is 0 Å². The molecule has 2 nitrogen and oxygen atoms in total. The summed E-state index contributed by atoms with van der Waals surface area (Å²) in [5, 5.41) is 4.89. The number of halogens is 1. The average Bonchev–Trinajstić information content (AvgIpc) is 2.73. The fraction of sp³-hybridized carbons (Fsp3) is 0.750. The molecule has 1 fully saturated rings. The topological polar surface area (TPSA) is 17.8 Å². The molecule has 0 amide bonds. The summed E-state index contributed by atoms with van der Waals surface area (Å²) in [6.45, 7) is 5.18. The second kappa shape index (κ2) is 4.56. The van der Waals surface area contributed by atoms with Gasteiger partial charge in [-0.3, -0.25) is 4.68 Å². The fourth-order valence-electron chi connectivity index (χ4n) is 2.53. The molecule has 0 aliphatic heterocycles. The molecule has 15 heavy (non-hydrogen) atoms. The second-order valence-electron chi connectivity index (χ2n) is 4.57. The Bertz CT molecular complexity index is 332. The smallest absolute Gasteiger partial charge is 0.0596 e. The van der Waals surface area contributed by atoms with E-state index in [0.29, 0.717) is 5.38 Å². The van der Waals surface area contributed by atoms with Crippen LogP contribution in [0.3, 0.4) is 0 Å². The summed E-state index contributed by atoms with van der Waals surface area (Å²) >= 11 is 6.13. The molecule has 0 aromatic carbocycles. The summed E-state index contributed by atoms with van der Waals surface area (Å²) in [5.74, 6) is 0.772. The number of aryl methyl sites for hydroxylation is 2. The van der Waals surface area contributed by atoms with Gasteiger partial charge in [0.25, 0.3) is 0 Å². The molecule has 1 aromatic rings. The first-order valence-corrected chi connectivity index (χ1v) is 6.30. The van der Waals surface area contributed by atoms with Gasteiger partial charge in [-0.15, -0.1) is 11.6 Å². The lowest BCUT2D eigenvalue weighted by Crippen LogP contribution is -2.08. The minimum Gasteiger partial charge on any atom is -0.270 e. The molecule has 84 valence electrons. The molecule has 1 aliphatic carbocycles. The lowest BCUT2D eigenvalue weighted by molar-refractivity contribution is 0.507. The number of aromatic nitrogens is 2. The second-order valence-corrected chi connectivity index (χ2v) is 5.19. The molecule has 3 heteroatoms. The van der Waals surface area contributed by atoms with Gasteiger partial charge in [0.1, 0.15) is 0 Å². The summed E-state index contributed by atoms with van der Waals surface area (Å²) in [4.78, 5) is 0. The van der Waals surface area contributed by atoms with E-state index < -0.39 is 0 Å². The van der Waals surface area contributed by atoms with Crippen LogP contribution >= 0.6 is 11.6 Å². The van der Waals surface area contributed by atoms with Crippen molar-refractivity contribution in [3.8, 4) is 0 Å². The van der Waals surface area contributed by atoms with E-state index in [0.717, 1.165) is 24.6 Å². The third kappa shape index (κ3) is 2.54. The molecule has 1 aromatic heterocycles. The Kier molecular flexibility index (Phi) is 3.35. The standard InChI is InChI=1S/C12H19ClN2/c1-3-15-12(6-9(2)14-15)8-10-4-5-11(13)7-10/h6,10-11H,3-5,7-8H2,1-2H3.